The molecular formula is C17H16ClN5O2. The van der Waals surface area contributed by atoms with Crippen molar-refractivity contribution in [3.8, 4) is 17.1 Å². The van der Waals surface area contributed by atoms with Gasteiger partial charge in [0, 0.05) is 11.6 Å². The summed E-state index contributed by atoms with van der Waals surface area (Å²) in [7, 11) is 1.54. The molecule has 0 radical (unpaired) electrons. The second kappa shape index (κ2) is 7.31. The molecule has 1 N–H and O–H groups in total. The highest BCUT2D eigenvalue weighted by Crippen LogP contribution is 2.26. The number of aryl methyl sites for hydroxylation is 1. The van der Waals surface area contributed by atoms with E-state index >= 15 is 0 Å². The highest BCUT2D eigenvalue weighted by molar-refractivity contribution is 6.33. The molecule has 0 aliphatic heterocycles. The lowest BCUT2D eigenvalue weighted by atomic mass is 10.1. The minimum absolute atomic E-state index is 0.0770. The van der Waals surface area contributed by atoms with E-state index in [1.54, 1.807) is 25.3 Å². The topological polar surface area (TPSA) is 81.9 Å². The monoisotopic (exact) mass is 357 g/mol. The van der Waals surface area contributed by atoms with Crippen LogP contribution >= 0.6 is 11.6 Å². The van der Waals surface area contributed by atoms with Crippen molar-refractivity contribution in [3.63, 3.8) is 0 Å². The average Bonchev–Trinajstić information content (AvgIpc) is 3.06. The molecule has 0 fully saturated rings. The lowest BCUT2D eigenvalue weighted by Gasteiger charge is -2.08. The van der Waals surface area contributed by atoms with Crippen LogP contribution in [0.5, 0.6) is 5.75 Å². The molecule has 0 bridgehead atoms. The van der Waals surface area contributed by atoms with E-state index in [9.17, 15) is 4.79 Å². The molecule has 0 saturated heterocycles. The SMILES string of the molecule is COc1ccc(Cl)c(NC(=O)Cn2nnc(-c3ccc(C)cc3)n2)c1. The lowest BCUT2D eigenvalue weighted by molar-refractivity contribution is -0.117. The van der Waals surface area contributed by atoms with Gasteiger partial charge in [-0.15, -0.1) is 10.2 Å². The number of rotatable bonds is 5. The number of ether oxygens (including phenoxy) is 1. The van der Waals surface area contributed by atoms with Gasteiger partial charge in [-0.1, -0.05) is 41.4 Å². The van der Waals surface area contributed by atoms with Gasteiger partial charge in [-0.05, 0) is 24.3 Å². The third kappa shape index (κ3) is 4.13. The van der Waals surface area contributed by atoms with Gasteiger partial charge in [0.25, 0.3) is 0 Å². The molecule has 0 aliphatic carbocycles. The van der Waals surface area contributed by atoms with Crippen LogP contribution in [-0.2, 0) is 11.3 Å². The number of hydrogen-bond donors (Lipinski definition) is 1. The van der Waals surface area contributed by atoms with Crippen molar-refractivity contribution in [1.29, 1.82) is 0 Å². The van der Waals surface area contributed by atoms with Crippen molar-refractivity contribution in [1.82, 2.24) is 20.2 Å². The molecule has 1 amide bonds. The van der Waals surface area contributed by atoms with Crippen LogP contribution in [-0.4, -0.2) is 33.2 Å². The largest absolute Gasteiger partial charge is 0.497 e. The second-order valence-electron chi connectivity index (χ2n) is 5.40. The Morgan fingerprint density at radius 3 is 2.72 bits per heavy atom. The fourth-order valence-corrected chi connectivity index (χ4v) is 2.34. The number of benzene rings is 2. The number of amides is 1. The number of aromatic nitrogens is 4. The summed E-state index contributed by atoms with van der Waals surface area (Å²) in [4.78, 5) is 13.4. The van der Waals surface area contributed by atoms with Gasteiger partial charge in [-0.25, -0.2) is 0 Å². The molecule has 0 aliphatic rings. The van der Waals surface area contributed by atoms with E-state index in [1.165, 1.54) is 4.80 Å². The zero-order valence-corrected chi connectivity index (χ0v) is 14.5. The Balaban J connectivity index is 1.69. The predicted molar refractivity (Wildman–Crippen MR) is 94.6 cm³/mol. The first-order chi connectivity index (χ1) is 12.0. The molecule has 128 valence electrons. The van der Waals surface area contributed by atoms with Gasteiger partial charge >= 0.3 is 0 Å². The van der Waals surface area contributed by atoms with Crippen LogP contribution in [0.3, 0.4) is 0 Å². The van der Waals surface area contributed by atoms with Crippen molar-refractivity contribution < 1.29 is 9.53 Å². The number of nitrogens with zero attached hydrogens (tertiary/aromatic N) is 4. The van der Waals surface area contributed by atoms with Gasteiger partial charge in [0.1, 0.15) is 12.3 Å². The normalized spacial score (nSPS) is 10.5. The van der Waals surface area contributed by atoms with E-state index in [0.717, 1.165) is 11.1 Å². The first-order valence-corrected chi connectivity index (χ1v) is 7.91. The lowest BCUT2D eigenvalue weighted by Crippen LogP contribution is -2.20. The maximum absolute atomic E-state index is 12.2. The van der Waals surface area contributed by atoms with Gasteiger partial charge in [-0.3, -0.25) is 4.79 Å². The third-order valence-corrected chi connectivity index (χ3v) is 3.82. The number of carbonyl (C=O) groups is 1. The van der Waals surface area contributed by atoms with Crippen molar-refractivity contribution >= 4 is 23.2 Å². The van der Waals surface area contributed by atoms with Gasteiger partial charge in [-0.2, -0.15) is 4.80 Å². The zero-order valence-electron chi connectivity index (χ0n) is 13.7. The Kier molecular flexibility index (Phi) is 4.95. The number of anilines is 1. The zero-order chi connectivity index (χ0) is 17.8. The van der Waals surface area contributed by atoms with E-state index in [-0.39, 0.29) is 12.5 Å². The van der Waals surface area contributed by atoms with E-state index < -0.39 is 0 Å². The number of hydrogen-bond acceptors (Lipinski definition) is 5. The molecule has 8 heteroatoms. The Labute approximate surface area is 149 Å². The van der Waals surface area contributed by atoms with Crippen LogP contribution in [0.15, 0.2) is 42.5 Å². The summed E-state index contributed by atoms with van der Waals surface area (Å²) in [5.41, 5.74) is 2.45. The van der Waals surface area contributed by atoms with E-state index in [1.807, 2.05) is 31.2 Å². The van der Waals surface area contributed by atoms with Crippen LogP contribution in [0.1, 0.15) is 5.56 Å². The maximum atomic E-state index is 12.2. The van der Waals surface area contributed by atoms with E-state index in [0.29, 0.717) is 22.3 Å². The summed E-state index contributed by atoms with van der Waals surface area (Å²) in [5.74, 6) is 0.746. The highest BCUT2D eigenvalue weighted by Gasteiger charge is 2.11. The second-order valence-corrected chi connectivity index (χ2v) is 5.81. The minimum Gasteiger partial charge on any atom is -0.497 e. The van der Waals surface area contributed by atoms with Crippen LogP contribution in [0.25, 0.3) is 11.4 Å². The van der Waals surface area contributed by atoms with Crippen LogP contribution in [0.4, 0.5) is 5.69 Å². The smallest absolute Gasteiger partial charge is 0.248 e. The molecular weight excluding hydrogens is 342 g/mol. The molecule has 7 nitrogen and oxygen atoms in total. The summed E-state index contributed by atoms with van der Waals surface area (Å²) >= 11 is 6.08. The fourth-order valence-electron chi connectivity index (χ4n) is 2.17. The molecule has 1 heterocycles. The molecule has 1 aromatic heterocycles. The first kappa shape index (κ1) is 16.9. The highest BCUT2D eigenvalue weighted by atomic mass is 35.5. The van der Waals surface area contributed by atoms with Crippen LogP contribution in [0.2, 0.25) is 5.02 Å². The summed E-state index contributed by atoms with van der Waals surface area (Å²) in [5, 5.41) is 15.2. The molecule has 2 aromatic carbocycles. The number of tetrazole rings is 1. The van der Waals surface area contributed by atoms with E-state index in [4.69, 9.17) is 16.3 Å². The van der Waals surface area contributed by atoms with Gasteiger partial charge < -0.3 is 10.1 Å². The van der Waals surface area contributed by atoms with Gasteiger partial charge in [0.05, 0.1) is 17.8 Å². The number of methoxy groups -OCH3 is 1. The first-order valence-electron chi connectivity index (χ1n) is 7.53. The maximum Gasteiger partial charge on any atom is 0.248 e. The molecule has 0 spiro atoms. The molecule has 0 atom stereocenters. The summed E-state index contributed by atoms with van der Waals surface area (Å²) in [6.07, 6.45) is 0. The molecule has 25 heavy (non-hydrogen) atoms. The molecule has 3 rings (SSSR count). The Bertz CT molecular complexity index is 892. The summed E-state index contributed by atoms with van der Waals surface area (Å²) < 4.78 is 5.12. The number of nitrogens with one attached hydrogen (secondary N) is 1. The van der Waals surface area contributed by atoms with E-state index in [2.05, 4.69) is 20.7 Å². The van der Waals surface area contributed by atoms with Crippen molar-refractivity contribution in [2.24, 2.45) is 0 Å². The standard InChI is InChI=1S/C17H16ClN5O2/c1-11-3-5-12(6-4-11)17-20-22-23(21-17)10-16(24)19-15-9-13(25-2)7-8-14(15)18/h3-9H,10H2,1-2H3,(H,19,24). The minimum atomic E-state index is -0.317. The third-order valence-electron chi connectivity index (χ3n) is 3.50. The molecule has 0 saturated carbocycles. The van der Waals surface area contributed by atoms with Gasteiger partial charge in [0.15, 0.2) is 0 Å². The molecule has 0 unspecified atom stereocenters. The quantitative estimate of drug-likeness (QED) is 0.759. The van der Waals surface area contributed by atoms with Crippen molar-refractivity contribution in [2.75, 3.05) is 12.4 Å². The van der Waals surface area contributed by atoms with Crippen LogP contribution in [0, 0.1) is 6.92 Å². The van der Waals surface area contributed by atoms with Crippen molar-refractivity contribution in [3.05, 3.63) is 53.1 Å². The predicted octanol–water partition coefficient (Wildman–Crippen LogP) is 2.95. The Morgan fingerprint density at radius 2 is 2.00 bits per heavy atom. The fraction of sp³-hybridized carbons (Fsp3) is 0.176. The number of carbonyl (C=O) groups excluding carboxylic acids is 1. The Hall–Kier alpha value is -2.93. The van der Waals surface area contributed by atoms with Gasteiger partial charge in [0.2, 0.25) is 11.7 Å². The summed E-state index contributed by atoms with van der Waals surface area (Å²) in [6, 6.07) is 12.8. The summed E-state index contributed by atoms with van der Waals surface area (Å²) in [6.45, 7) is 1.93. The number of halogens is 1. The van der Waals surface area contributed by atoms with Crippen LogP contribution < -0.4 is 10.1 Å². The Morgan fingerprint density at radius 1 is 1.24 bits per heavy atom. The van der Waals surface area contributed by atoms with Crippen molar-refractivity contribution in [2.45, 2.75) is 13.5 Å². The molecule has 3 aromatic rings. The average molecular weight is 358 g/mol.